The zero-order valence-electron chi connectivity index (χ0n) is 19.7. The normalized spacial score (nSPS) is 29.5. The quantitative estimate of drug-likeness (QED) is 0.552. The number of anilines is 1. The molecule has 0 radical (unpaired) electrons. The fourth-order valence-electron chi connectivity index (χ4n) is 5.67. The molecule has 2 N–H and O–H groups in total. The number of rotatable bonds is 5. The summed E-state index contributed by atoms with van der Waals surface area (Å²) >= 11 is 0. The number of nitrogens with two attached hydrogens (primary N) is 1. The number of piperidine rings is 2. The number of carbonyl (C=O) groups excluding carboxylic acids is 1. The first-order valence-electron chi connectivity index (χ1n) is 11.9. The molecule has 2 aromatic carbocycles. The standard InChI is InChI=1S/C27H37N3O2/c1-21-18-27(23-10-6-4-7-11-23,32-25(31)22-12-14-24(28)15-13-22)26(2,19-29(21)3)20-30-16-8-5-9-17-30/h4,6-7,10-15,21H,5,8-9,16-20,28H2,1-3H3. The summed E-state index contributed by atoms with van der Waals surface area (Å²) in [6.45, 7) is 8.56. The van der Waals surface area contributed by atoms with Gasteiger partial charge in [-0.2, -0.15) is 0 Å². The fraction of sp³-hybridized carbons (Fsp3) is 0.519. The van der Waals surface area contributed by atoms with E-state index in [9.17, 15) is 4.79 Å². The Bertz CT molecular complexity index is 910. The van der Waals surface area contributed by atoms with Crippen molar-refractivity contribution in [2.45, 2.75) is 51.2 Å². The van der Waals surface area contributed by atoms with Crippen molar-refractivity contribution < 1.29 is 9.53 Å². The zero-order valence-corrected chi connectivity index (χ0v) is 19.7. The maximum Gasteiger partial charge on any atom is 0.339 e. The molecule has 4 rings (SSSR count). The van der Waals surface area contributed by atoms with Gasteiger partial charge in [-0.3, -0.25) is 0 Å². The van der Waals surface area contributed by atoms with Gasteiger partial charge in [0.05, 0.1) is 5.56 Å². The van der Waals surface area contributed by atoms with Crippen molar-refractivity contribution in [1.29, 1.82) is 0 Å². The van der Waals surface area contributed by atoms with E-state index in [0.717, 1.165) is 38.2 Å². The van der Waals surface area contributed by atoms with Gasteiger partial charge in [0.15, 0.2) is 0 Å². The summed E-state index contributed by atoms with van der Waals surface area (Å²) in [5.41, 5.74) is 7.15. The second kappa shape index (κ2) is 9.24. The monoisotopic (exact) mass is 435 g/mol. The molecule has 2 aliphatic rings. The van der Waals surface area contributed by atoms with Gasteiger partial charge in [0.25, 0.3) is 0 Å². The molecule has 2 heterocycles. The number of nitrogen functional groups attached to an aromatic ring is 1. The molecular weight excluding hydrogens is 398 g/mol. The van der Waals surface area contributed by atoms with Crippen LogP contribution in [0.15, 0.2) is 54.6 Å². The second-order valence-corrected chi connectivity index (χ2v) is 10.1. The topological polar surface area (TPSA) is 58.8 Å². The van der Waals surface area contributed by atoms with E-state index >= 15 is 0 Å². The summed E-state index contributed by atoms with van der Waals surface area (Å²) in [6, 6.07) is 17.7. The molecule has 0 bridgehead atoms. The maximum atomic E-state index is 13.5. The number of benzene rings is 2. The molecule has 0 aromatic heterocycles. The number of esters is 1. The average Bonchev–Trinajstić information content (AvgIpc) is 2.79. The van der Waals surface area contributed by atoms with E-state index in [0.29, 0.717) is 17.3 Å². The highest BCUT2D eigenvalue weighted by molar-refractivity contribution is 5.90. The third-order valence-corrected chi connectivity index (χ3v) is 7.58. The van der Waals surface area contributed by atoms with Crippen LogP contribution in [0.5, 0.6) is 0 Å². The van der Waals surface area contributed by atoms with Crippen molar-refractivity contribution in [3.05, 3.63) is 65.7 Å². The van der Waals surface area contributed by atoms with Crippen molar-refractivity contribution in [2.24, 2.45) is 5.41 Å². The summed E-state index contributed by atoms with van der Waals surface area (Å²) in [5.74, 6) is -0.282. The van der Waals surface area contributed by atoms with Crippen molar-refractivity contribution in [3.8, 4) is 0 Å². The lowest BCUT2D eigenvalue weighted by molar-refractivity contribution is -0.160. The number of nitrogens with zero attached hydrogens (tertiary/aromatic N) is 2. The highest BCUT2D eigenvalue weighted by atomic mass is 16.6. The Kier molecular flexibility index (Phi) is 6.59. The largest absolute Gasteiger partial charge is 0.450 e. The summed E-state index contributed by atoms with van der Waals surface area (Å²) < 4.78 is 6.63. The molecule has 2 aromatic rings. The van der Waals surface area contributed by atoms with Crippen LogP contribution in [0.1, 0.15) is 55.5 Å². The van der Waals surface area contributed by atoms with E-state index in [1.807, 2.05) is 6.07 Å². The van der Waals surface area contributed by atoms with Gasteiger partial charge in [-0.1, -0.05) is 43.7 Å². The maximum absolute atomic E-state index is 13.5. The zero-order chi connectivity index (χ0) is 22.8. The Morgan fingerprint density at radius 2 is 1.72 bits per heavy atom. The molecule has 3 unspecified atom stereocenters. The third-order valence-electron chi connectivity index (χ3n) is 7.58. The molecule has 0 amide bonds. The number of ether oxygens (including phenoxy) is 1. The van der Waals surface area contributed by atoms with Crippen LogP contribution < -0.4 is 5.73 Å². The molecule has 5 heteroatoms. The van der Waals surface area contributed by atoms with E-state index < -0.39 is 5.60 Å². The van der Waals surface area contributed by atoms with Crippen molar-refractivity contribution in [1.82, 2.24) is 9.80 Å². The first-order valence-corrected chi connectivity index (χ1v) is 11.9. The van der Waals surface area contributed by atoms with Crippen molar-refractivity contribution >= 4 is 11.7 Å². The first kappa shape index (κ1) is 22.8. The lowest BCUT2D eigenvalue weighted by Gasteiger charge is -2.57. The van der Waals surface area contributed by atoms with Gasteiger partial charge >= 0.3 is 5.97 Å². The van der Waals surface area contributed by atoms with Gasteiger partial charge in [-0.25, -0.2) is 4.79 Å². The summed E-state index contributed by atoms with van der Waals surface area (Å²) in [7, 11) is 2.19. The van der Waals surface area contributed by atoms with E-state index in [1.165, 1.54) is 19.3 Å². The number of carbonyl (C=O) groups is 1. The Morgan fingerprint density at radius 3 is 2.38 bits per heavy atom. The lowest BCUT2D eigenvalue weighted by atomic mass is 9.63. The fourth-order valence-corrected chi connectivity index (χ4v) is 5.67. The predicted molar refractivity (Wildman–Crippen MR) is 129 cm³/mol. The van der Waals surface area contributed by atoms with E-state index in [2.05, 4.69) is 55.0 Å². The summed E-state index contributed by atoms with van der Waals surface area (Å²) in [4.78, 5) is 18.5. The van der Waals surface area contributed by atoms with Crippen LogP contribution in [-0.4, -0.2) is 55.0 Å². The van der Waals surface area contributed by atoms with Crippen molar-refractivity contribution in [3.63, 3.8) is 0 Å². The molecule has 0 aliphatic carbocycles. The first-order chi connectivity index (χ1) is 15.3. The van der Waals surface area contributed by atoms with Crippen LogP contribution in [-0.2, 0) is 10.3 Å². The van der Waals surface area contributed by atoms with Crippen LogP contribution in [0.25, 0.3) is 0 Å². The highest BCUT2D eigenvalue weighted by Crippen LogP contribution is 2.51. The van der Waals surface area contributed by atoms with Crippen molar-refractivity contribution in [2.75, 3.05) is 39.0 Å². The molecule has 2 fully saturated rings. The molecular formula is C27H37N3O2. The number of likely N-dealkylation sites (tertiary alicyclic amines) is 2. The molecule has 32 heavy (non-hydrogen) atoms. The van der Waals surface area contributed by atoms with Crippen LogP contribution in [0.2, 0.25) is 0 Å². The van der Waals surface area contributed by atoms with Gasteiger partial charge in [0, 0.05) is 36.7 Å². The summed E-state index contributed by atoms with van der Waals surface area (Å²) in [5, 5.41) is 0. The molecule has 0 spiro atoms. The van der Waals surface area contributed by atoms with Crippen LogP contribution >= 0.6 is 0 Å². The van der Waals surface area contributed by atoms with Gasteiger partial charge in [0.1, 0.15) is 5.60 Å². The molecule has 2 saturated heterocycles. The SMILES string of the molecule is CC1CC(OC(=O)c2ccc(N)cc2)(c2ccccc2)C(C)(CN2CCCCC2)CN1C. The molecule has 5 nitrogen and oxygen atoms in total. The van der Waals surface area contributed by atoms with Crippen LogP contribution in [0, 0.1) is 5.41 Å². The molecule has 0 saturated carbocycles. The predicted octanol–water partition coefficient (Wildman–Crippen LogP) is 4.54. The Balaban J connectivity index is 1.77. The van der Waals surface area contributed by atoms with Gasteiger partial charge < -0.3 is 20.3 Å². The van der Waals surface area contributed by atoms with E-state index in [1.54, 1.807) is 24.3 Å². The average molecular weight is 436 g/mol. The van der Waals surface area contributed by atoms with E-state index in [4.69, 9.17) is 10.5 Å². The van der Waals surface area contributed by atoms with E-state index in [-0.39, 0.29) is 11.4 Å². The second-order valence-electron chi connectivity index (χ2n) is 10.1. The lowest BCUT2D eigenvalue weighted by Crippen LogP contribution is -2.64. The van der Waals surface area contributed by atoms with Gasteiger partial charge in [0.2, 0.25) is 0 Å². The molecule has 2 aliphatic heterocycles. The minimum atomic E-state index is -0.712. The minimum absolute atomic E-state index is 0.254. The van der Waals surface area contributed by atoms with Crippen LogP contribution in [0.3, 0.4) is 0 Å². The van der Waals surface area contributed by atoms with Gasteiger partial charge in [-0.05, 0) is 69.7 Å². The minimum Gasteiger partial charge on any atom is -0.450 e. The smallest absolute Gasteiger partial charge is 0.339 e. The number of hydrogen-bond donors (Lipinski definition) is 1. The highest BCUT2D eigenvalue weighted by Gasteiger charge is 2.57. The summed E-state index contributed by atoms with van der Waals surface area (Å²) in [6.07, 6.45) is 4.55. The Labute approximate surface area is 192 Å². The molecule has 172 valence electrons. The number of hydrogen-bond acceptors (Lipinski definition) is 5. The molecule has 3 atom stereocenters. The van der Waals surface area contributed by atoms with Gasteiger partial charge in [-0.15, -0.1) is 0 Å². The Hall–Kier alpha value is -2.37. The Morgan fingerprint density at radius 1 is 1.06 bits per heavy atom. The third kappa shape index (κ3) is 4.41. The van der Waals surface area contributed by atoms with Crippen LogP contribution in [0.4, 0.5) is 5.69 Å².